The molecule has 6 rings (SSSR count). The number of imidazole rings is 1. The number of halogens is 3. The van der Waals surface area contributed by atoms with Crippen LogP contribution in [0.3, 0.4) is 0 Å². The van der Waals surface area contributed by atoms with E-state index in [0.717, 1.165) is 0 Å². The monoisotopic (exact) mass is 568 g/mol. The Labute approximate surface area is 230 Å². The van der Waals surface area contributed by atoms with Gasteiger partial charge in [0, 0.05) is 56.6 Å². The summed E-state index contributed by atoms with van der Waals surface area (Å²) < 4.78 is 57.3. The van der Waals surface area contributed by atoms with E-state index in [1.807, 2.05) is 0 Å². The maximum atomic E-state index is 14.0. The van der Waals surface area contributed by atoms with Crippen molar-refractivity contribution in [3.8, 4) is 28.6 Å². The van der Waals surface area contributed by atoms with Crippen LogP contribution in [0, 0.1) is 0 Å². The van der Waals surface area contributed by atoms with Gasteiger partial charge in [-0.3, -0.25) is 18.6 Å². The number of alkyl halides is 3. The molecule has 5 heterocycles. The second-order valence-electron chi connectivity index (χ2n) is 9.36. The Morgan fingerprint density at radius 3 is 2.66 bits per heavy atom. The molecule has 0 spiro atoms. The molecule has 1 aromatic carbocycles. The minimum atomic E-state index is -4.72. The lowest BCUT2D eigenvalue weighted by Crippen LogP contribution is -2.40. The number of rotatable bonds is 6. The quantitative estimate of drug-likeness (QED) is 0.331. The number of ether oxygens (including phenoxy) is 2. The number of carbonyl (C=O) groups excluding carboxylic acids is 1. The number of benzene rings is 1. The predicted molar refractivity (Wildman–Crippen MR) is 136 cm³/mol. The first-order valence-electron chi connectivity index (χ1n) is 12.5. The number of hydrogen-bond acceptors (Lipinski definition) is 8. The molecule has 1 aliphatic heterocycles. The highest BCUT2D eigenvalue weighted by Gasteiger charge is 2.38. The number of nitrogens with zero attached hydrogens (tertiary/aromatic N) is 8. The van der Waals surface area contributed by atoms with Crippen LogP contribution in [0.25, 0.3) is 16.9 Å². The fourth-order valence-corrected chi connectivity index (χ4v) is 4.61. The minimum absolute atomic E-state index is 0.0123. The molecule has 12 nitrogen and oxygen atoms in total. The highest BCUT2D eigenvalue weighted by atomic mass is 19.4. The fraction of sp³-hybridized carbons (Fsp3) is 0.269. The molecule has 0 bridgehead atoms. The van der Waals surface area contributed by atoms with Gasteiger partial charge >= 0.3 is 6.18 Å². The highest BCUT2D eigenvalue weighted by Crippen LogP contribution is 2.37. The molecule has 4 aromatic heterocycles. The number of carbonyl (C=O) groups is 1. The van der Waals surface area contributed by atoms with Gasteiger partial charge < -0.3 is 19.5 Å². The summed E-state index contributed by atoms with van der Waals surface area (Å²) in [5.74, 6) is -0.473. The smallest absolute Gasteiger partial charge is 0.435 e. The third-order valence-corrected chi connectivity index (χ3v) is 6.52. The fourth-order valence-electron chi connectivity index (χ4n) is 4.61. The van der Waals surface area contributed by atoms with Crippen molar-refractivity contribution in [1.29, 1.82) is 0 Å². The van der Waals surface area contributed by atoms with Gasteiger partial charge in [-0.25, -0.2) is 9.97 Å². The van der Waals surface area contributed by atoms with E-state index >= 15 is 0 Å². The van der Waals surface area contributed by atoms with Crippen LogP contribution >= 0.6 is 0 Å². The van der Waals surface area contributed by atoms with Gasteiger partial charge in [-0.05, 0) is 12.1 Å². The predicted octanol–water partition coefficient (Wildman–Crippen LogP) is 3.36. The topological polar surface area (TPSA) is 125 Å². The van der Waals surface area contributed by atoms with Gasteiger partial charge in [-0.15, -0.1) is 0 Å². The molecule has 1 fully saturated rings. The van der Waals surface area contributed by atoms with E-state index in [0.29, 0.717) is 31.9 Å². The number of aromatic hydroxyl groups is 1. The second kappa shape index (κ2) is 10.2. The minimum Gasteiger partial charge on any atom is -0.507 e. The van der Waals surface area contributed by atoms with Gasteiger partial charge in [0.1, 0.15) is 11.5 Å². The summed E-state index contributed by atoms with van der Waals surface area (Å²) in [5, 5.41) is 18.4. The Balaban J connectivity index is 1.30. The van der Waals surface area contributed by atoms with Crippen molar-refractivity contribution >= 4 is 11.6 Å². The molecular formula is C26H23F3N8O4. The van der Waals surface area contributed by atoms with E-state index in [1.54, 1.807) is 29.0 Å². The van der Waals surface area contributed by atoms with Gasteiger partial charge in [0.25, 0.3) is 11.8 Å². The molecule has 0 unspecified atom stereocenters. The number of amides is 1. The van der Waals surface area contributed by atoms with Crippen molar-refractivity contribution in [2.24, 2.45) is 7.05 Å². The Morgan fingerprint density at radius 2 is 1.95 bits per heavy atom. The average Bonchev–Trinajstić information content (AvgIpc) is 3.67. The number of aromatic nitrogens is 7. The third-order valence-electron chi connectivity index (χ3n) is 6.52. The molecule has 5 aromatic rings. The Kier molecular flexibility index (Phi) is 6.57. The van der Waals surface area contributed by atoms with Gasteiger partial charge in [0.2, 0.25) is 5.65 Å². The van der Waals surface area contributed by atoms with Crippen LogP contribution < -0.4 is 4.74 Å². The molecule has 1 amide bonds. The highest BCUT2D eigenvalue weighted by molar-refractivity contribution is 5.97. The van der Waals surface area contributed by atoms with Crippen LogP contribution in [0.2, 0.25) is 0 Å². The van der Waals surface area contributed by atoms with E-state index < -0.39 is 11.9 Å². The second-order valence-corrected chi connectivity index (χ2v) is 9.36. The molecule has 0 atom stereocenters. The standard InChI is InChI=1S/C26H23F3N8O4/c1-34-13-16(11-32-34)14-36-15-19(22(33-36)26(27,28)29)20-12-31-23-24(30-4-5-37(20)23)41-17-2-3-18(21(38)10-17)25(39)35-6-8-40-9-7-35/h2-5,10-13,15,38H,6-9,14H2,1H3. The first-order chi connectivity index (χ1) is 19.7. The zero-order valence-electron chi connectivity index (χ0n) is 21.6. The number of aryl methyl sites for hydroxylation is 1. The zero-order chi connectivity index (χ0) is 28.7. The van der Waals surface area contributed by atoms with Crippen molar-refractivity contribution in [3.63, 3.8) is 0 Å². The van der Waals surface area contributed by atoms with E-state index in [1.165, 1.54) is 52.1 Å². The summed E-state index contributed by atoms with van der Waals surface area (Å²) in [4.78, 5) is 22.8. The first kappa shape index (κ1) is 26.3. The molecule has 0 saturated carbocycles. The summed E-state index contributed by atoms with van der Waals surface area (Å²) in [6, 6.07) is 4.20. The summed E-state index contributed by atoms with van der Waals surface area (Å²) in [6.07, 6.45) is 3.95. The van der Waals surface area contributed by atoms with Crippen molar-refractivity contribution in [3.05, 3.63) is 72.2 Å². The lowest BCUT2D eigenvalue weighted by atomic mass is 10.1. The molecule has 0 radical (unpaired) electrons. The van der Waals surface area contributed by atoms with Crippen LogP contribution in [0.5, 0.6) is 17.4 Å². The number of phenolic OH excluding ortho intramolecular Hbond substituents is 1. The number of fused-ring (bicyclic) bond motifs is 1. The molecule has 0 aliphatic carbocycles. The summed E-state index contributed by atoms with van der Waals surface area (Å²) in [6.45, 7) is 1.78. The van der Waals surface area contributed by atoms with Crippen LogP contribution in [-0.2, 0) is 24.5 Å². The van der Waals surface area contributed by atoms with Crippen molar-refractivity contribution in [1.82, 2.24) is 38.8 Å². The largest absolute Gasteiger partial charge is 0.507 e. The molecule has 1 N–H and O–H groups in total. The summed E-state index contributed by atoms with van der Waals surface area (Å²) >= 11 is 0. The first-order valence-corrected chi connectivity index (χ1v) is 12.5. The lowest BCUT2D eigenvalue weighted by molar-refractivity contribution is -0.141. The van der Waals surface area contributed by atoms with Crippen LogP contribution in [-0.4, -0.2) is 76.1 Å². The van der Waals surface area contributed by atoms with E-state index in [4.69, 9.17) is 9.47 Å². The molecule has 212 valence electrons. The maximum absolute atomic E-state index is 14.0. The summed E-state index contributed by atoms with van der Waals surface area (Å²) in [5.41, 5.74) is -0.164. The van der Waals surface area contributed by atoms with E-state index in [2.05, 4.69) is 20.2 Å². The zero-order valence-corrected chi connectivity index (χ0v) is 21.6. The number of morpholine rings is 1. The number of hydrogen-bond donors (Lipinski definition) is 1. The molecular weight excluding hydrogens is 545 g/mol. The van der Waals surface area contributed by atoms with Gasteiger partial charge in [-0.2, -0.15) is 23.4 Å². The average molecular weight is 569 g/mol. The Hall–Kier alpha value is -4.92. The normalized spacial score (nSPS) is 14.1. The molecule has 1 aliphatic rings. The molecule has 15 heteroatoms. The Bertz CT molecular complexity index is 1740. The van der Waals surface area contributed by atoms with Crippen LogP contribution in [0.4, 0.5) is 13.2 Å². The van der Waals surface area contributed by atoms with E-state index in [9.17, 15) is 23.1 Å². The molecule has 41 heavy (non-hydrogen) atoms. The van der Waals surface area contributed by atoms with E-state index in [-0.39, 0.29) is 52.3 Å². The van der Waals surface area contributed by atoms with Crippen LogP contribution in [0.15, 0.2) is 55.4 Å². The van der Waals surface area contributed by atoms with Crippen LogP contribution in [0.1, 0.15) is 21.6 Å². The lowest BCUT2D eigenvalue weighted by Gasteiger charge is -2.27. The van der Waals surface area contributed by atoms with Crippen molar-refractivity contribution in [2.75, 3.05) is 26.3 Å². The SMILES string of the molecule is Cn1cc(Cn2cc(-c3cnc4c(Oc5ccc(C(=O)N6CCOCC6)c(O)c5)nccn34)c(C(F)(F)F)n2)cn1. The maximum Gasteiger partial charge on any atom is 0.435 e. The van der Waals surface area contributed by atoms with Gasteiger partial charge in [-0.1, -0.05) is 0 Å². The van der Waals surface area contributed by atoms with Gasteiger partial charge in [0.05, 0.1) is 49.0 Å². The molecule has 1 saturated heterocycles. The summed E-state index contributed by atoms with van der Waals surface area (Å²) in [7, 11) is 1.71. The van der Waals surface area contributed by atoms with Crippen molar-refractivity contribution in [2.45, 2.75) is 12.7 Å². The third kappa shape index (κ3) is 5.18. The van der Waals surface area contributed by atoms with Gasteiger partial charge in [0.15, 0.2) is 5.69 Å². The van der Waals surface area contributed by atoms with Crippen molar-refractivity contribution < 1.29 is 32.5 Å². The number of phenols is 1. The Morgan fingerprint density at radius 1 is 1.15 bits per heavy atom.